The van der Waals surface area contributed by atoms with Crippen LogP contribution in [0.5, 0.6) is 5.88 Å². The fourth-order valence-electron chi connectivity index (χ4n) is 2.86. The molecule has 3 rings (SSSR count). The van der Waals surface area contributed by atoms with E-state index in [1.165, 1.54) is 38.5 Å². The number of benzene rings is 1. The van der Waals surface area contributed by atoms with Gasteiger partial charge in [-0.3, -0.25) is 10.1 Å². The molecule has 0 aliphatic carbocycles. The van der Waals surface area contributed by atoms with E-state index in [1.54, 1.807) is 19.1 Å². The van der Waals surface area contributed by atoms with Gasteiger partial charge in [0.2, 0.25) is 5.88 Å². The number of amides is 1. The quantitative estimate of drug-likeness (QED) is 0.207. The Kier molecular flexibility index (Phi) is 9.09. The number of aliphatic hydroxyl groups excluding tert-OH is 1. The molecule has 0 saturated carbocycles. The minimum Gasteiger partial charge on any atom is -0.481 e. The molecule has 13 heteroatoms. The Bertz CT molecular complexity index is 1290. The molecule has 188 valence electrons. The Morgan fingerprint density at radius 3 is 2.57 bits per heavy atom. The third-order valence-corrected chi connectivity index (χ3v) is 7.40. The summed E-state index contributed by atoms with van der Waals surface area (Å²) in [7, 11) is -0.492. The van der Waals surface area contributed by atoms with Crippen molar-refractivity contribution in [2.24, 2.45) is 5.16 Å². The first-order chi connectivity index (χ1) is 16.8. The van der Waals surface area contributed by atoms with Gasteiger partial charge < -0.3 is 19.4 Å². The minimum absolute atomic E-state index is 0.0603. The molecule has 0 aliphatic heterocycles. The third-order valence-electron chi connectivity index (χ3n) is 4.70. The molecule has 0 unspecified atom stereocenters. The van der Waals surface area contributed by atoms with Crippen molar-refractivity contribution in [2.45, 2.75) is 24.3 Å². The molecule has 0 radical (unpaired) electrons. The first-order valence-electron chi connectivity index (χ1n) is 10.6. The lowest BCUT2D eigenvalue weighted by atomic mass is 10.1. The van der Waals surface area contributed by atoms with Crippen molar-refractivity contribution >= 4 is 48.3 Å². The number of hydrogen-bond donors (Lipinski definition) is 2. The van der Waals surface area contributed by atoms with E-state index in [0.717, 1.165) is 11.3 Å². The van der Waals surface area contributed by atoms with Crippen LogP contribution in [-0.4, -0.2) is 74.4 Å². The van der Waals surface area contributed by atoms with Crippen LogP contribution >= 0.6 is 11.3 Å². The highest BCUT2D eigenvalue weighted by atomic mass is 32.2. The largest absolute Gasteiger partial charge is 0.481 e. The third kappa shape index (κ3) is 6.94. The Morgan fingerprint density at radius 2 is 1.91 bits per heavy atom. The van der Waals surface area contributed by atoms with E-state index in [9.17, 15) is 18.3 Å². The van der Waals surface area contributed by atoms with Crippen LogP contribution < -0.4 is 10.1 Å². The highest BCUT2D eigenvalue weighted by Crippen LogP contribution is 2.26. The summed E-state index contributed by atoms with van der Waals surface area (Å²) < 4.78 is 35.0. The molecule has 2 aromatic heterocycles. The zero-order chi connectivity index (χ0) is 25.4. The summed E-state index contributed by atoms with van der Waals surface area (Å²) in [5, 5.41) is 16.1. The van der Waals surface area contributed by atoms with E-state index in [-0.39, 0.29) is 28.1 Å². The SMILES string of the molecule is COCCCS(=O)(=O)c1ccc(/C(=N\O[C@H](C)CO)C(=O)Nc2nc3ccc(OC)nc3s2)cc1. The van der Waals surface area contributed by atoms with Gasteiger partial charge in [0.05, 0.1) is 24.4 Å². The van der Waals surface area contributed by atoms with Gasteiger partial charge in [-0.2, -0.15) is 0 Å². The molecule has 2 N–H and O–H groups in total. The molecule has 0 saturated heterocycles. The van der Waals surface area contributed by atoms with Crippen LogP contribution in [0.25, 0.3) is 10.3 Å². The fraction of sp³-hybridized carbons (Fsp3) is 0.364. The molecule has 1 atom stereocenters. The summed E-state index contributed by atoms with van der Waals surface area (Å²) in [6, 6.07) is 9.14. The topological polar surface area (TPSA) is 149 Å². The summed E-state index contributed by atoms with van der Waals surface area (Å²) >= 11 is 1.15. The van der Waals surface area contributed by atoms with E-state index in [1.807, 2.05) is 0 Å². The van der Waals surface area contributed by atoms with E-state index >= 15 is 0 Å². The number of nitrogens with one attached hydrogen (secondary N) is 1. The van der Waals surface area contributed by atoms with Crippen LogP contribution in [0.2, 0.25) is 0 Å². The molecule has 2 heterocycles. The maximum Gasteiger partial charge on any atom is 0.280 e. The lowest BCUT2D eigenvalue weighted by Crippen LogP contribution is -2.25. The lowest BCUT2D eigenvalue weighted by Gasteiger charge is -2.10. The predicted molar refractivity (Wildman–Crippen MR) is 132 cm³/mol. The number of carbonyl (C=O) groups is 1. The number of rotatable bonds is 12. The van der Waals surface area contributed by atoms with Crippen LogP contribution in [0, 0.1) is 0 Å². The number of carbonyl (C=O) groups excluding carboxylic acids is 1. The molecule has 11 nitrogen and oxygen atoms in total. The highest BCUT2D eigenvalue weighted by Gasteiger charge is 2.20. The van der Waals surface area contributed by atoms with Gasteiger partial charge in [0.25, 0.3) is 5.91 Å². The van der Waals surface area contributed by atoms with Crippen LogP contribution in [0.4, 0.5) is 5.13 Å². The smallest absolute Gasteiger partial charge is 0.280 e. The summed E-state index contributed by atoms with van der Waals surface area (Å²) in [6.45, 7) is 1.62. The molecule has 0 aliphatic rings. The van der Waals surface area contributed by atoms with Crippen LogP contribution in [-0.2, 0) is 24.2 Å². The maximum absolute atomic E-state index is 13.1. The van der Waals surface area contributed by atoms with Crippen LogP contribution in [0.15, 0.2) is 46.4 Å². The zero-order valence-electron chi connectivity index (χ0n) is 19.4. The minimum atomic E-state index is -3.50. The summed E-state index contributed by atoms with van der Waals surface area (Å²) in [5.41, 5.74) is 0.792. The molecular weight excluding hydrogens is 496 g/mol. The fourth-order valence-corrected chi connectivity index (χ4v) is 4.97. The van der Waals surface area contributed by atoms with Crippen molar-refractivity contribution in [3.05, 3.63) is 42.0 Å². The van der Waals surface area contributed by atoms with Crippen LogP contribution in [0.1, 0.15) is 18.9 Å². The van der Waals surface area contributed by atoms with Crippen molar-refractivity contribution in [3.63, 3.8) is 0 Å². The Labute approximate surface area is 206 Å². The van der Waals surface area contributed by atoms with Gasteiger partial charge >= 0.3 is 0 Å². The number of nitrogens with zero attached hydrogens (tertiary/aromatic N) is 3. The number of hydrogen-bond acceptors (Lipinski definition) is 11. The van der Waals surface area contributed by atoms with E-state index in [2.05, 4.69) is 20.4 Å². The number of sulfone groups is 1. The van der Waals surface area contributed by atoms with Gasteiger partial charge in [-0.15, -0.1) is 0 Å². The number of pyridine rings is 1. The number of methoxy groups -OCH3 is 2. The molecular formula is C22H26N4O7S2. The normalized spacial score (nSPS) is 13.0. The van der Waals surface area contributed by atoms with Gasteiger partial charge in [-0.05, 0) is 31.5 Å². The zero-order valence-corrected chi connectivity index (χ0v) is 21.1. The number of ether oxygens (including phenoxy) is 2. The summed E-state index contributed by atoms with van der Waals surface area (Å²) in [4.78, 5) is 27.6. The molecule has 0 bridgehead atoms. The average molecular weight is 523 g/mol. The van der Waals surface area contributed by atoms with Crippen LogP contribution in [0.3, 0.4) is 0 Å². The van der Waals surface area contributed by atoms with E-state index in [0.29, 0.717) is 34.8 Å². The lowest BCUT2D eigenvalue weighted by molar-refractivity contribution is -0.110. The van der Waals surface area contributed by atoms with Crippen molar-refractivity contribution in [3.8, 4) is 5.88 Å². The van der Waals surface area contributed by atoms with Crippen molar-refractivity contribution < 1.29 is 32.6 Å². The van der Waals surface area contributed by atoms with Gasteiger partial charge in [0.1, 0.15) is 16.5 Å². The highest BCUT2D eigenvalue weighted by molar-refractivity contribution is 7.91. The number of aliphatic hydroxyl groups is 1. The molecule has 1 amide bonds. The Balaban J connectivity index is 1.85. The second kappa shape index (κ2) is 12.0. The number of thiazole rings is 1. The first-order valence-corrected chi connectivity index (χ1v) is 13.0. The van der Waals surface area contributed by atoms with Crippen molar-refractivity contribution in [1.82, 2.24) is 9.97 Å². The second-order valence-corrected chi connectivity index (χ2v) is 10.5. The molecule has 3 aromatic rings. The number of fused-ring (bicyclic) bond motifs is 1. The molecule has 35 heavy (non-hydrogen) atoms. The first kappa shape index (κ1) is 26.5. The number of oxime groups is 1. The van der Waals surface area contributed by atoms with E-state index < -0.39 is 21.8 Å². The average Bonchev–Trinajstić information content (AvgIpc) is 3.25. The van der Waals surface area contributed by atoms with Gasteiger partial charge in [0, 0.05) is 25.3 Å². The molecule has 0 fully saturated rings. The molecule has 1 aromatic carbocycles. The predicted octanol–water partition coefficient (Wildman–Crippen LogP) is 2.25. The van der Waals surface area contributed by atoms with Crippen molar-refractivity contribution in [2.75, 3.05) is 38.5 Å². The Morgan fingerprint density at radius 1 is 1.17 bits per heavy atom. The Hall–Kier alpha value is -3.13. The summed E-state index contributed by atoms with van der Waals surface area (Å²) in [5.74, 6) is -0.267. The van der Waals surface area contributed by atoms with Gasteiger partial charge in [-0.1, -0.05) is 28.6 Å². The molecule has 0 spiro atoms. The van der Waals surface area contributed by atoms with Gasteiger partial charge in [0.15, 0.2) is 20.7 Å². The maximum atomic E-state index is 13.1. The summed E-state index contributed by atoms with van der Waals surface area (Å²) in [6.07, 6.45) is -0.289. The van der Waals surface area contributed by atoms with Gasteiger partial charge in [-0.25, -0.2) is 18.4 Å². The number of anilines is 1. The standard InChI is InChI=1S/C22H26N4O7S2/c1-14(13-27)33-26-19(15-5-7-16(8-6-15)35(29,30)12-4-11-31-2)20(28)25-22-23-17-9-10-18(32-3)24-21(17)34-22/h5-10,14,27H,4,11-13H2,1-3H3,(H,23,25,28)/b26-19+/t14-/m1/s1. The monoisotopic (exact) mass is 522 g/mol. The van der Waals surface area contributed by atoms with E-state index in [4.69, 9.17) is 14.3 Å². The van der Waals surface area contributed by atoms with Crippen molar-refractivity contribution in [1.29, 1.82) is 0 Å². The number of aromatic nitrogens is 2. The second-order valence-electron chi connectivity index (χ2n) is 7.38.